The molecule has 140 valence electrons. The Kier molecular flexibility index (Phi) is 4.35. The maximum atomic E-state index is 13.1. The highest BCUT2D eigenvalue weighted by Crippen LogP contribution is 2.42. The van der Waals surface area contributed by atoms with Gasteiger partial charge in [0, 0.05) is 16.1 Å². The molecule has 1 saturated heterocycles. The van der Waals surface area contributed by atoms with Gasteiger partial charge in [-0.15, -0.1) is 11.3 Å². The zero-order chi connectivity index (χ0) is 19.0. The lowest BCUT2D eigenvalue weighted by Crippen LogP contribution is -2.46. The number of anilines is 1. The van der Waals surface area contributed by atoms with Crippen LogP contribution in [0.15, 0.2) is 35.7 Å². The molecule has 2 heterocycles. The summed E-state index contributed by atoms with van der Waals surface area (Å²) in [4.78, 5) is 40.0. The first kappa shape index (κ1) is 17.5. The average molecular weight is 385 g/mol. The van der Waals surface area contributed by atoms with Crippen LogP contribution in [-0.4, -0.2) is 36.4 Å². The van der Waals surface area contributed by atoms with Gasteiger partial charge in [-0.1, -0.05) is 0 Å². The molecule has 2 N–H and O–H groups in total. The number of aryl methyl sites for hydroxylation is 1. The van der Waals surface area contributed by atoms with E-state index in [9.17, 15) is 14.4 Å². The molecule has 2 aromatic rings. The predicted octanol–water partition coefficient (Wildman–Crippen LogP) is 2.48. The number of hydrogen-bond donors (Lipinski definition) is 2. The van der Waals surface area contributed by atoms with Crippen molar-refractivity contribution in [3.05, 3.63) is 46.2 Å². The van der Waals surface area contributed by atoms with Gasteiger partial charge < -0.3 is 15.4 Å². The molecule has 0 saturated carbocycles. The van der Waals surface area contributed by atoms with Gasteiger partial charge in [0.1, 0.15) is 17.8 Å². The maximum Gasteiger partial charge on any atom is 0.325 e. The first-order chi connectivity index (χ1) is 13.0. The van der Waals surface area contributed by atoms with Crippen LogP contribution in [0.4, 0.5) is 10.5 Å². The Morgan fingerprint density at radius 3 is 2.81 bits per heavy atom. The number of hydrogen-bond acceptors (Lipinski definition) is 5. The Labute approximate surface area is 160 Å². The smallest absolute Gasteiger partial charge is 0.325 e. The van der Waals surface area contributed by atoms with Gasteiger partial charge in [-0.2, -0.15) is 0 Å². The molecule has 0 bridgehead atoms. The highest BCUT2D eigenvalue weighted by molar-refractivity contribution is 7.10. The molecule has 4 amide bonds. The molecule has 7 nitrogen and oxygen atoms in total. The average Bonchev–Trinajstić information content (AvgIpc) is 3.23. The lowest BCUT2D eigenvalue weighted by Gasteiger charge is -2.31. The third kappa shape index (κ3) is 2.95. The van der Waals surface area contributed by atoms with Crippen molar-refractivity contribution in [2.75, 3.05) is 19.0 Å². The van der Waals surface area contributed by atoms with Gasteiger partial charge in [-0.3, -0.25) is 14.5 Å². The largest absolute Gasteiger partial charge is 0.497 e. The molecular weight excluding hydrogens is 366 g/mol. The van der Waals surface area contributed by atoms with Crippen molar-refractivity contribution in [3.8, 4) is 5.75 Å². The number of fused-ring (bicyclic) bond motifs is 2. The van der Waals surface area contributed by atoms with E-state index in [1.807, 2.05) is 11.4 Å². The number of nitrogens with zero attached hydrogens (tertiary/aromatic N) is 1. The number of rotatable bonds is 4. The van der Waals surface area contributed by atoms with Gasteiger partial charge in [-0.05, 0) is 55.0 Å². The highest BCUT2D eigenvalue weighted by atomic mass is 32.1. The molecule has 1 spiro atoms. The second-order valence-electron chi connectivity index (χ2n) is 6.61. The zero-order valence-corrected chi connectivity index (χ0v) is 15.6. The number of urea groups is 1. The van der Waals surface area contributed by atoms with Crippen molar-refractivity contribution < 1.29 is 19.1 Å². The summed E-state index contributed by atoms with van der Waals surface area (Å²) in [7, 11) is 1.56. The number of carbonyl (C=O) groups excluding carboxylic acids is 3. The first-order valence-electron chi connectivity index (χ1n) is 8.68. The van der Waals surface area contributed by atoms with E-state index in [4.69, 9.17) is 4.74 Å². The van der Waals surface area contributed by atoms with E-state index < -0.39 is 17.5 Å². The molecule has 1 fully saturated rings. The fourth-order valence-corrected chi connectivity index (χ4v) is 4.70. The Morgan fingerprint density at radius 1 is 1.30 bits per heavy atom. The molecule has 1 aromatic heterocycles. The van der Waals surface area contributed by atoms with Gasteiger partial charge in [0.05, 0.1) is 7.11 Å². The number of imide groups is 1. The van der Waals surface area contributed by atoms with Gasteiger partial charge in [0.15, 0.2) is 0 Å². The summed E-state index contributed by atoms with van der Waals surface area (Å²) < 4.78 is 5.08. The minimum Gasteiger partial charge on any atom is -0.497 e. The van der Waals surface area contributed by atoms with E-state index >= 15 is 0 Å². The van der Waals surface area contributed by atoms with E-state index in [-0.39, 0.29) is 12.5 Å². The fraction of sp³-hybridized carbons (Fsp3) is 0.316. The molecule has 1 aromatic carbocycles. The Balaban J connectivity index is 1.49. The molecule has 1 aliphatic heterocycles. The van der Waals surface area contributed by atoms with Crippen molar-refractivity contribution >= 4 is 34.9 Å². The van der Waals surface area contributed by atoms with Gasteiger partial charge in [0.25, 0.3) is 5.91 Å². The van der Waals surface area contributed by atoms with Crippen LogP contribution in [-0.2, 0) is 21.5 Å². The molecule has 0 unspecified atom stereocenters. The van der Waals surface area contributed by atoms with Crippen molar-refractivity contribution in [3.63, 3.8) is 0 Å². The van der Waals surface area contributed by atoms with Crippen molar-refractivity contribution in [2.45, 2.75) is 24.8 Å². The predicted molar refractivity (Wildman–Crippen MR) is 101 cm³/mol. The second-order valence-corrected chi connectivity index (χ2v) is 7.62. The lowest BCUT2D eigenvalue weighted by atomic mass is 9.80. The standard InChI is InChI=1S/C19H19N3O4S/c1-26-13-6-4-12(5-7-13)20-16(23)11-22-17(24)19(21-18(22)25)9-2-3-15-14(19)8-10-27-15/h4-8,10H,2-3,9,11H2,1H3,(H,20,23)(H,21,25)/t19-/m0/s1. The molecular formula is C19H19N3O4S. The number of amides is 4. The number of methoxy groups -OCH3 is 1. The minimum absolute atomic E-state index is 0.322. The third-order valence-corrected chi connectivity index (χ3v) is 5.99. The number of thiophene rings is 1. The summed E-state index contributed by atoms with van der Waals surface area (Å²) in [6, 6.07) is 8.21. The van der Waals surface area contributed by atoms with Crippen LogP contribution in [0.25, 0.3) is 0 Å². The van der Waals surface area contributed by atoms with Crippen LogP contribution in [0.1, 0.15) is 23.3 Å². The van der Waals surface area contributed by atoms with E-state index in [2.05, 4.69) is 10.6 Å². The normalized spacial score (nSPS) is 21.1. The van der Waals surface area contributed by atoms with Crippen LogP contribution in [0, 0.1) is 0 Å². The quantitative estimate of drug-likeness (QED) is 0.792. The SMILES string of the molecule is COc1ccc(NC(=O)CN2C(=O)N[C@]3(CCCc4sccc43)C2=O)cc1. The van der Waals surface area contributed by atoms with E-state index in [0.717, 1.165) is 28.2 Å². The van der Waals surface area contributed by atoms with Crippen LogP contribution < -0.4 is 15.4 Å². The van der Waals surface area contributed by atoms with Crippen LogP contribution >= 0.6 is 11.3 Å². The maximum absolute atomic E-state index is 13.1. The van der Waals surface area contributed by atoms with Gasteiger partial charge in [0.2, 0.25) is 5.91 Å². The molecule has 27 heavy (non-hydrogen) atoms. The van der Waals surface area contributed by atoms with Crippen LogP contribution in [0.3, 0.4) is 0 Å². The Hall–Kier alpha value is -2.87. The molecule has 4 rings (SSSR count). The number of ether oxygens (including phenoxy) is 1. The summed E-state index contributed by atoms with van der Waals surface area (Å²) in [6.45, 7) is -0.322. The molecule has 0 radical (unpaired) electrons. The second kappa shape index (κ2) is 6.70. The van der Waals surface area contributed by atoms with Crippen molar-refractivity contribution in [1.29, 1.82) is 0 Å². The summed E-state index contributed by atoms with van der Waals surface area (Å²) >= 11 is 1.60. The number of carbonyl (C=O) groups is 3. The minimum atomic E-state index is -1.02. The Morgan fingerprint density at radius 2 is 2.07 bits per heavy atom. The summed E-state index contributed by atoms with van der Waals surface area (Å²) in [6.07, 6.45) is 2.29. The highest BCUT2D eigenvalue weighted by Gasteiger charge is 2.54. The molecule has 2 aliphatic rings. The Bertz CT molecular complexity index is 908. The van der Waals surface area contributed by atoms with E-state index in [1.54, 1.807) is 42.7 Å². The van der Waals surface area contributed by atoms with Gasteiger partial charge in [-0.25, -0.2) is 4.79 Å². The lowest BCUT2D eigenvalue weighted by molar-refractivity contribution is -0.134. The number of benzene rings is 1. The zero-order valence-electron chi connectivity index (χ0n) is 14.8. The van der Waals surface area contributed by atoms with Crippen LogP contribution in [0.5, 0.6) is 5.75 Å². The molecule has 1 aliphatic carbocycles. The van der Waals surface area contributed by atoms with E-state index in [0.29, 0.717) is 17.9 Å². The summed E-state index contributed by atoms with van der Waals surface area (Å²) in [5, 5.41) is 7.48. The third-order valence-electron chi connectivity index (χ3n) is 5.01. The van der Waals surface area contributed by atoms with E-state index in [1.165, 1.54) is 0 Å². The first-order valence-corrected chi connectivity index (χ1v) is 9.56. The number of nitrogens with one attached hydrogen (secondary N) is 2. The van der Waals surface area contributed by atoms with Gasteiger partial charge >= 0.3 is 6.03 Å². The molecule has 8 heteroatoms. The fourth-order valence-electron chi connectivity index (χ4n) is 3.70. The summed E-state index contributed by atoms with van der Waals surface area (Å²) in [5.74, 6) is -0.105. The van der Waals surface area contributed by atoms with Crippen molar-refractivity contribution in [1.82, 2.24) is 10.2 Å². The summed E-state index contributed by atoms with van der Waals surface area (Å²) in [5.41, 5.74) is 0.418. The van der Waals surface area contributed by atoms with Crippen molar-refractivity contribution in [2.24, 2.45) is 0 Å². The monoisotopic (exact) mass is 385 g/mol. The van der Waals surface area contributed by atoms with Crippen LogP contribution in [0.2, 0.25) is 0 Å². The topological polar surface area (TPSA) is 87.7 Å². The molecule has 1 atom stereocenters.